The molecule has 0 aliphatic rings. The molecule has 0 bridgehead atoms. The number of aryl methyl sites for hydroxylation is 1. The van der Waals surface area contributed by atoms with E-state index < -0.39 is 0 Å². The monoisotopic (exact) mass is 270 g/mol. The van der Waals surface area contributed by atoms with Crippen molar-refractivity contribution in [1.29, 1.82) is 0 Å². The van der Waals surface area contributed by atoms with E-state index in [0.717, 1.165) is 22.6 Å². The van der Waals surface area contributed by atoms with Gasteiger partial charge in [-0.2, -0.15) is 0 Å². The number of hydrogen-bond acceptors (Lipinski definition) is 1. The lowest BCUT2D eigenvalue weighted by atomic mass is 10.1. The summed E-state index contributed by atoms with van der Waals surface area (Å²) >= 11 is 6.37. The molecule has 0 N–H and O–H groups in total. The molecule has 0 aliphatic carbocycles. The molecule has 3 aromatic rings. The highest BCUT2D eigenvalue weighted by atomic mass is 35.5. The fourth-order valence-corrected chi connectivity index (χ4v) is 2.57. The quantitative estimate of drug-likeness (QED) is 0.622. The first-order valence-electron chi connectivity index (χ1n) is 6.35. The van der Waals surface area contributed by atoms with Crippen molar-refractivity contribution in [2.24, 2.45) is 0 Å². The zero-order valence-electron chi connectivity index (χ0n) is 11.0. The molecule has 3 rings (SSSR count). The molecule has 0 amide bonds. The van der Waals surface area contributed by atoms with Crippen LogP contribution in [0.4, 0.5) is 0 Å². The van der Waals surface area contributed by atoms with Crippen molar-refractivity contribution in [3.8, 4) is 11.3 Å². The molecule has 0 aliphatic heterocycles. The van der Waals surface area contributed by atoms with Crippen LogP contribution in [-0.2, 0) is 0 Å². The van der Waals surface area contributed by atoms with E-state index in [0.29, 0.717) is 0 Å². The van der Waals surface area contributed by atoms with Gasteiger partial charge in [-0.15, -0.1) is 11.6 Å². The second-order valence-electron chi connectivity index (χ2n) is 4.76. The largest absolute Gasteiger partial charge is 0.302 e. The molecular weight excluding hydrogens is 256 g/mol. The fraction of sp³-hybridized carbons (Fsp3) is 0.188. The van der Waals surface area contributed by atoms with E-state index in [1.807, 2.05) is 31.2 Å². The van der Waals surface area contributed by atoms with Crippen molar-refractivity contribution in [3.63, 3.8) is 0 Å². The maximum absolute atomic E-state index is 6.37. The van der Waals surface area contributed by atoms with Gasteiger partial charge in [0.25, 0.3) is 0 Å². The van der Waals surface area contributed by atoms with Crippen LogP contribution in [0.15, 0.2) is 48.7 Å². The van der Waals surface area contributed by atoms with Gasteiger partial charge in [-0.25, -0.2) is 4.98 Å². The van der Waals surface area contributed by atoms with Crippen molar-refractivity contribution in [2.45, 2.75) is 19.2 Å². The first-order valence-corrected chi connectivity index (χ1v) is 6.78. The van der Waals surface area contributed by atoms with E-state index in [-0.39, 0.29) is 5.38 Å². The Hall–Kier alpha value is -1.80. The average Bonchev–Trinajstić information content (AvgIpc) is 2.78. The number of nitrogens with zero attached hydrogens (tertiary/aromatic N) is 2. The summed E-state index contributed by atoms with van der Waals surface area (Å²) in [5.74, 6) is 0. The smallest absolute Gasteiger partial charge is 0.137 e. The molecule has 0 spiro atoms. The van der Waals surface area contributed by atoms with Crippen molar-refractivity contribution >= 4 is 17.2 Å². The Morgan fingerprint density at radius 3 is 2.53 bits per heavy atom. The summed E-state index contributed by atoms with van der Waals surface area (Å²) in [5, 5.41) is -0.0907. The summed E-state index contributed by atoms with van der Waals surface area (Å²) in [5.41, 5.74) is 5.25. The summed E-state index contributed by atoms with van der Waals surface area (Å²) < 4.78 is 2.09. The topological polar surface area (TPSA) is 17.3 Å². The van der Waals surface area contributed by atoms with E-state index in [2.05, 4.69) is 35.7 Å². The van der Waals surface area contributed by atoms with Crippen molar-refractivity contribution in [1.82, 2.24) is 9.38 Å². The predicted octanol–water partition coefficient (Wildman–Crippen LogP) is 4.61. The average molecular weight is 271 g/mol. The second-order valence-corrected chi connectivity index (χ2v) is 5.42. The van der Waals surface area contributed by atoms with E-state index in [4.69, 9.17) is 16.6 Å². The van der Waals surface area contributed by atoms with Crippen LogP contribution in [0, 0.1) is 6.92 Å². The molecule has 2 nitrogen and oxygen atoms in total. The number of pyridine rings is 1. The van der Waals surface area contributed by atoms with Crippen molar-refractivity contribution < 1.29 is 0 Å². The van der Waals surface area contributed by atoms with Crippen LogP contribution in [-0.4, -0.2) is 9.38 Å². The number of alkyl halides is 1. The van der Waals surface area contributed by atoms with Gasteiger partial charge in [0.2, 0.25) is 0 Å². The van der Waals surface area contributed by atoms with E-state index in [1.54, 1.807) is 0 Å². The summed E-state index contributed by atoms with van der Waals surface area (Å²) in [6, 6.07) is 14.3. The van der Waals surface area contributed by atoms with E-state index in [9.17, 15) is 0 Å². The van der Waals surface area contributed by atoms with Gasteiger partial charge in [0, 0.05) is 11.8 Å². The molecule has 0 radical (unpaired) electrons. The van der Waals surface area contributed by atoms with Crippen molar-refractivity contribution in [3.05, 3.63) is 59.9 Å². The maximum Gasteiger partial charge on any atom is 0.137 e. The fourth-order valence-electron chi connectivity index (χ4n) is 2.36. The molecule has 96 valence electrons. The summed E-state index contributed by atoms with van der Waals surface area (Å²) in [4.78, 5) is 4.72. The van der Waals surface area contributed by atoms with Crippen molar-refractivity contribution in [2.75, 3.05) is 0 Å². The minimum Gasteiger partial charge on any atom is -0.302 e. The second kappa shape index (κ2) is 4.71. The van der Waals surface area contributed by atoms with Gasteiger partial charge >= 0.3 is 0 Å². The Morgan fingerprint density at radius 1 is 1.11 bits per heavy atom. The number of rotatable bonds is 2. The molecule has 2 heterocycles. The lowest BCUT2D eigenvalue weighted by Gasteiger charge is -2.07. The number of halogens is 1. The Balaban J connectivity index is 2.33. The highest BCUT2D eigenvalue weighted by Crippen LogP contribution is 2.32. The predicted molar refractivity (Wildman–Crippen MR) is 79.6 cm³/mol. The molecule has 0 saturated heterocycles. The Morgan fingerprint density at radius 2 is 1.84 bits per heavy atom. The standard InChI is InChI=1S/C16H15ClN2/c1-11-8-9-14-18-15(13-6-4-3-5-7-13)16(12(2)17)19(14)10-11/h3-10,12H,1-2H3. The number of fused-ring (bicyclic) bond motifs is 1. The lowest BCUT2D eigenvalue weighted by Crippen LogP contribution is -1.95. The molecule has 1 atom stereocenters. The van der Waals surface area contributed by atoms with Crippen LogP contribution in [0.2, 0.25) is 0 Å². The number of benzene rings is 1. The van der Waals surface area contributed by atoms with Crippen LogP contribution >= 0.6 is 11.6 Å². The molecule has 0 fully saturated rings. The molecular formula is C16H15ClN2. The van der Waals surface area contributed by atoms with Gasteiger partial charge in [0.1, 0.15) is 5.65 Å². The maximum atomic E-state index is 6.37. The van der Waals surface area contributed by atoms with Gasteiger partial charge in [0.15, 0.2) is 0 Å². The van der Waals surface area contributed by atoms with Gasteiger partial charge in [-0.1, -0.05) is 36.4 Å². The number of hydrogen-bond donors (Lipinski definition) is 0. The van der Waals surface area contributed by atoms with Crippen LogP contribution in [0.5, 0.6) is 0 Å². The summed E-state index contributed by atoms with van der Waals surface area (Å²) in [6.45, 7) is 4.06. The Bertz CT molecular complexity index is 714. The highest BCUT2D eigenvalue weighted by Gasteiger charge is 2.17. The van der Waals surface area contributed by atoms with Gasteiger partial charge in [0.05, 0.1) is 16.8 Å². The zero-order valence-corrected chi connectivity index (χ0v) is 11.7. The van der Waals surface area contributed by atoms with Crippen LogP contribution in [0.1, 0.15) is 23.6 Å². The zero-order chi connectivity index (χ0) is 13.4. The van der Waals surface area contributed by atoms with Gasteiger partial charge in [-0.05, 0) is 25.5 Å². The number of imidazole rings is 1. The Kier molecular flexibility index (Phi) is 3.03. The summed E-state index contributed by atoms with van der Waals surface area (Å²) in [7, 11) is 0. The van der Waals surface area contributed by atoms with Crippen LogP contribution < -0.4 is 0 Å². The molecule has 1 unspecified atom stereocenters. The minimum atomic E-state index is -0.0907. The molecule has 3 heteroatoms. The van der Waals surface area contributed by atoms with E-state index in [1.165, 1.54) is 5.56 Å². The number of aromatic nitrogens is 2. The molecule has 19 heavy (non-hydrogen) atoms. The highest BCUT2D eigenvalue weighted by molar-refractivity contribution is 6.20. The Labute approximate surface area is 117 Å². The minimum absolute atomic E-state index is 0.0907. The first-order chi connectivity index (χ1) is 9.16. The molecule has 1 aromatic carbocycles. The third-order valence-corrected chi connectivity index (χ3v) is 3.43. The molecule has 2 aromatic heterocycles. The lowest BCUT2D eigenvalue weighted by molar-refractivity contribution is 0.960. The van der Waals surface area contributed by atoms with E-state index >= 15 is 0 Å². The van der Waals surface area contributed by atoms with Gasteiger partial charge < -0.3 is 4.40 Å². The third kappa shape index (κ3) is 2.13. The normalized spacial score (nSPS) is 12.8. The third-order valence-electron chi connectivity index (χ3n) is 3.23. The van der Waals surface area contributed by atoms with Crippen LogP contribution in [0.3, 0.4) is 0 Å². The summed E-state index contributed by atoms with van der Waals surface area (Å²) in [6.07, 6.45) is 2.09. The van der Waals surface area contributed by atoms with Gasteiger partial charge in [-0.3, -0.25) is 0 Å². The first kappa shape index (κ1) is 12.2. The van der Waals surface area contributed by atoms with Crippen LogP contribution in [0.25, 0.3) is 16.9 Å². The SMILES string of the molecule is Cc1ccc2nc(-c3ccccc3)c(C(C)Cl)n2c1. The molecule has 0 saturated carbocycles.